The molecule has 2 atom stereocenters. The molecule has 0 spiro atoms. The maximum atomic E-state index is 5.72. The minimum absolute atomic E-state index is 0.295. The molecular weight excluding hydrogens is 272 g/mol. The number of fused-ring (bicyclic) bond motifs is 1. The second kappa shape index (κ2) is 6.73. The Morgan fingerprint density at radius 2 is 2.26 bits per heavy atom. The van der Waals surface area contributed by atoms with Gasteiger partial charge in [-0.2, -0.15) is 0 Å². The number of benzene rings is 1. The van der Waals surface area contributed by atoms with Crippen LogP contribution in [0.15, 0.2) is 29.2 Å². The molecule has 1 heterocycles. The third-order valence-electron chi connectivity index (χ3n) is 3.64. The summed E-state index contributed by atoms with van der Waals surface area (Å²) in [5.74, 6) is 0.295. The Morgan fingerprint density at radius 1 is 1.53 bits per heavy atom. The van der Waals surface area contributed by atoms with Crippen molar-refractivity contribution in [3.63, 3.8) is 0 Å². The Labute approximate surface area is 125 Å². The maximum Gasteiger partial charge on any atom is 0.0768 e. The fourth-order valence-electron chi connectivity index (χ4n) is 2.45. The Kier molecular flexibility index (Phi) is 5.25. The highest BCUT2D eigenvalue weighted by atomic mass is 32.2. The zero-order chi connectivity index (χ0) is 13.8. The molecular formula is C15H22N2S2. The molecule has 1 aromatic rings. The molecule has 0 saturated carbocycles. The zero-order valence-electron chi connectivity index (χ0n) is 11.6. The molecule has 2 unspecified atom stereocenters. The first kappa shape index (κ1) is 14.8. The molecule has 0 amide bonds. The van der Waals surface area contributed by atoms with Gasteiger partial charge in [-0.3, -0.25) is 0 Å². The minimum atomic E-state index is 0.295. The van der Waals surface area contributed by atoms with Crippen LogP contribution in [0, 0.1) is 5.92 Å². The van der Waals surface area contributed by atoms with Crippen LogP contribution in [0.3, 0.4) is 0 Å². The molecule has 2 nitrogen and oxygen atoms in total. The van der Waals surface area contributed by atoms with Crippen LogP contribution in [0.5, 0.6) is 0 Å². The summed E-state index contributed by atoms with van der Waals surface area (Å²) >= 11 is 7.08. The second-order valence-electron chi connectivity index (χ2n) is 5.21. The van der Waals surface area contributed by atoms with Crippen molar-refractivity contribution in [2.24, 2.45) is 11.7 Å². The van der Waals surface area contributed by atoms with E-state index in [9.17, 15) is 0 Å². The molecule has 0 radical (unpaired) electrons. The predicted molar refractivity (Wildman–Crippen MR) is 87.9 cm³/mol. The highest BCUT2D eigenvalue weighted by Gasteiger charge is 2.24. The Morgan fingerprint density at radius 3 is 2.89 bits per heavy atom. The quantitative estimate of drug-likeness (QED) is 0.817. The van der Waals surface area contributed by atoms with Gasteiger partial charge in [0.25, 0.3) is 0 Å². The average molecular weight is 294 g/mol. The smallest absolute Gasteiger partial charge is 0.0768 e. The van der Waals surface area contributed by atoms with Gasteiger partial charge in [-0.15, -0.1) is 11.8 Å². The molecule has 4 heteroatoms. The molecule has 0 saturated heterocycles. The summed E-state index contributed by atoms with van der Waals surface area (Å²) in [6.45, 7) is 7.46. The van der Waals surface area contributed by atoms with E-state index >= 15 is 0 Å². The lowest BCUT2D eigenvalue weighted by molar-refractivity contribution is 0.273. The molecule has 0 bridgehead atoms. The summed E-state index contributed by atoms with van der Waals surface area (Å²) < 4.78 is 0. The molecule has 104 valence electrons. The van der Waals surface area contributed by atoms with Crippen molar-refractivity contribution in [2.45, 2.75) is 30.4 Å². The summed E-state index contributed by atoms with van der Waals surface area (Å²) in [5.41, 5.74) is 7.21. The van der Waals surface area contributed by atoms with E-state index in [2.05, 4.69) is 43.0 Å². The Bertz CT molecular complexity index is 423. The Hall–Kier alpha value is -0.580. The van der Waals surface area contributed by atoms with Gasteiger partial charge in [0, 0.05) is 29.2 Å². The van der Waals surface area contributed by atoms with E-state index in [1.165, 1.54) is 16.9 Å². The number of thiocarbonyl (C=S) groups is 1. The van der Waals surface area contributed by atoms with Crippen molar-refractivity contribution in [1.82, 2.24) is 4.90 Å². The molecule has 2 N–H and O–H groups in total. The fraction of sp³-hybridized carbons (Fsp3) is 0.533. The van der Waals surface area contributed by atoms with Gasteiger partial charge in [0.15, 0.2) is 0 Å². The van der Waals surface area contributed by atoms with E-state index in [0.717, 1.165) is 19.6 Å². The first-order chi connectivity index (χ1) is 9.10. The first-order valence-corrected chi connectivity index (χ1v) is 8.15. The number of rotatable bonds is 6. The molecule has 1 aliphatic heterocycles. The molecule has 0 aliphatic carbocycles. The van der Waals surface area contributed by atoms with E-state index in [1.54, 1.807) is 0 Å². The maximum absolute atomic E-state index is 5.72. The number of hydrogen-bond acceptors (Lipinski definition) is 3. The molecule has 1 aromatic carbocycles. The Balaban J connectivity index is 1.89. The van der Waals surface area contributed by atoms with Crippen LogP contribution in [0.4, 0.5) is 0 Å². The van der Waals surface area contributed by atoms with Crippen LogP contribution < -0.4 is 5.73 Å². The molecule has 0 fully saturated rings. The van der Waals surface area contributed by atoms with Crippen LogP contribution in [0.2, 0.25) is 0 Å². The van der Waals surface area contributed by atoms with Crippen molar-refractivity contribution >= 4 is 29.0 Å². The highest BCUT2D eigenvalue weighted by molar-refractivity contribution is 8.00. The van der Waals surface area contributed by atoms with E-state index in [0.29, 0.717) is 16.2 Å². The molecule has 19 heavy (non-hydrogen) atoms. The standard InChI is InChI=1S/C15H22N2S2/c1-3-17(9-11(2)15(16)18)10-13-8-12-6-4-5-7-14(12)19-13/h4-7,11,13H,3,8-10H2,1-2H3,(H2,16,18). The van der Waals surface area contributed by atoms with E-state index in [4.69, 9.17) is 18.0 Å². The highest BCUT2D eigenvalue weighted by Crippen LogP contribution is 2.37. The van der Waals surface area contributed by atoms with Gasteiger partial charge in [-0.25, -0.2) is 0 Å². The fourth-order valence-corrected chi connectivity index (χ4v) is 3.90. The third-order valence-corrected chi connectivity index (χ3v) is 5.34. The van der Waals surface area contributed by atoms with Crippen molar-refractivity contribution < 1.29 is 0 Å². The number of nitrogens with zero attached hydrogens (tertiary/aromatic N) is 1. The second-order valence-corrected chi connectivity index (χ2v) is 7.02. The summed E-state index contributed by atoms with van der Waals surface area (Å²) in [4.78, 5) is 4.54. The van der Waals surface area contributed by atoms with E-state index in [1.807, 2.05) is 11.8 Å². The number of thioether (sulfide) groups is 1. The largest absolute Gasteiger partial charge is 0.393 e. The van der Waals surface area contributed by atoms with Gasteiger partial charge in [0.05, 0.1) is 4.99 Å². The van der Waals surface area contributed by atoms with Gasteiger partial charge in [0.1, 0.15) is 0 Å². The van der Waals surface area contributed by atoms with Crippen molar-refractivity contribution in [3.05, 3.63) is 29.8 Å². The minimum Gasteiger partial charge on any atom is -0.393 e. The average Bonchev–Trinajstić information content (AvgIpc) is 2.79. The van der Waals surface area contributed by atoms with Crippen molar-refractivity contribution in [3.8, 4) is 0 Å². The van der Waals surface area contributed by atoms with Gasteiger partial charge in [0.2, 0.25) is 0 Å². The van der Waals surface area contributed by atoms with Crippen molar-refractivity contribution in [1.29, 1.82) is 0 Å². The van der Waals surface area contributed by atoms with E-state index in [-0.39, 0.29) is 0 Å². The normalized spacial score (nSPS) is 19.4. The predicted octanol–water partition coefficient (Wildman–Crippen LogP) is 2.95. The summed E-state index contributed by atoms with van der Waals surface area (Å²) in [6, 6.07) is 8.74. The SMILES string of the molecule is CCN(CC1Cc2ccccc2S1)CC(C)C(N)=S. The van der Waals surface area contributed by atoms with Gasteiger partial charge >= 0.3 is 0 Å². The summed E-state index contributed by atoms with van der Waals surface area (Å²) in [6.07, 6.45) is 1.18. The van der Waals surface area contributed by atoms with Crippen LogP contribution in [-0.4, -0.2) is 34.8 Å². The van der Waals surface area contributed by atoms with Crippen LogP contribution in [0.1, 0.15) is 19.4 Å². The lowest BCUT2D eigenvalue weighted by Gasteiger charge is -2.26. The number of hydrogen-bond donors (Lipinski definition) is 1. The molecule has 0 aromatic heterocycles. The van der Waals surface area contributed by atoms with Gasteiger partial charge < -0.3 is 10.6 Å². The van der Waals surface area contributed by atoms with Crippen LogP contribution in [-0.2, 0) is 6.42 Å². The van der Waals surface area contributed by atoms with Crippen LogP contribution >= 0.6 is 24.0 Å². The molecule has 1 aliphatic rings. The summed E-state index contributed by atoms with van der Waals surface area (Å²) in [7, 11) is 0. The third kappa shape index (κ3) is 3.94. The lowest BCUT2D eigenvalue weighted by Crippen LogP contribution is -2.37. The lowest BCUT2D eigenvalue weighted by atomic mass is 10.1. The topological polar surface area (TPSA) is 29.3 Å². The van der Waals surface area contributed by atoms with Crippen molar-refractivity contribution in [2.75, 3.05) is 19.6 Å². The number of nitrogens with two attached hydrogens (primary N) is 1. The first-order valence-electron chi connectivity index (χ1n) is 6.86. The zero-order valence-corrected chi connectivity index (χ0v) is 13.3. The van der Waals surface area contributed by atoms with Gasteiger partial charge in [-0.05, 0) is 24.6 Å². The van der Waals surface area contributed by atoms with Gasteiger partial charge in [-0.1, -0.05) is 44.3 Å². The van der Waals surface area contributed by atoms with E-state index < -0.39 is 0 Å². The summed E-state index contributed by atoms with van der Waals surface area (Å²) in [5, 5.41) is 0.663. The molecule has 2 rings (SSSR count). The van der Waals surface area contributed by atoms with Crippen LogP contribution in [0.25, 0.3) is 0 Å². The monoisotopic (exact) mass is 294 g/mol.